The Morgan fingerprint density at radius 1 is 1.20 bits per heavy atom. The second-order valence-corrected chi connectivity index (χ2v) is 8.78. The Morgan fingerprint density at radius 3 is 2.52 bits per heavy atom. The van der Waals surface area contributed by atoms with Crippen molar-refractivity contribution in [3.05, 3.63) is 24.3 Å². The van der Waals surface area contributed by atoms with Gasteiger partial charge in [0.2, 0.25) is 5.91 Å². The van der Waals surface area contributed by atoms with Crippen LogP contribution in [0.4, 0.5) is 5.69 Å². The molecule has 3 rings (SSSR count). The van der Waals surface area contributed by atoms with Gasteiger partial charge in [-0.15, -0.1) is 0 Å². The summed E-state index contributed by atoms with van der Waals surface area (Å²) in [5, 5.41) is 2.66. The van der Waals surface area contributed by atoms with Crippen molar-refractivity contribution < 1.29 is 22.7 Å². The lowest BCUT2D eigenvalue weighted by molar-refractivity contribution is -0.135. The van der Waals surface area contributed by atoms with E-state index in [2.05, 4.69) is 5.32 Å². The molecule has 1 heterocycles. The molecule has 1 saturated heterocycles. The minimum atomic E-state index is -3.05. The molecule has 1 aromatic rings. The Hall–Kier alpha value is -2.09. The predicted molar refractivity (Wildman–Crippen MR) is 93.2 cm³/mol. The summed E-state index contributed by atoms with van der Waals surface area (Å²) in [6.45, 7) is 1.22. The molecule has 1 saturated carbocycles. The van der Waals surface area contributed by atoms with E-state index in [1.165, 1.54) is 6.92 Å². The van der Waals surface area contributed by atoms with Gasteiger partial charge in [-0.25, -0.2) is 8.42 Å². The SMILES string of the molecule is CC(=O)Nc1ccccc1OCC(=O)N(C1CC1)[C@H]1CCS(=O)(=O)C1. The number of rotatable bonds is 6. The topological polar surface area (TPSA) is 92.8 Å². The molecule has 1 atom stereocenters. The third-order valence-corrected chi connectivity index (χ3v) is 6.13. The number of carbonyl (C=O) groups is 2. The van der Waals surface area contributed by atoms with Gasteiger partial charge in [-0.2, -0.15) is 0 Å². The maximum absolute atomic E-state index is 12.6. The quantitative estimate of drug-likeness (QED) is 0.817. The van der Waals surface area contributed by atoms with E-state index >= 15 is 0 Å². The average molecular weight is 366 g/mol. The first-order chi connectivity index (χ1) is 11.9. The van der Waals surface area contributed by atoms with Crippen molar-refractivity contribution in [2.24, 2.45) is 0 Å². The van der Waals surface area contributed by atoms with Gasteiger partial charge in [0.15, 0.2) is 16.4 Å². The first-order valence-electron chi connectivity index (χ1n) is 8.37. The van der Waals surface area contributed by atoms with Crippen molar-refractivity contribution in [2.45, 2.75) is 38.3 Å². The van der Waals surface area contributed by atoms with Crippen LogP contribution in [0.3, 0.4) is 0 Å². The highest BCUT2D eigenvalue weighted by Gasteiger charge is 2.42. The van der Waals surface area contributed by atoms with Crippen LogP contribution in [0, 0.1) is 0 Å². The van der Waals surface area contributed by atoms with Crippen LogP contribution in [0.15, 0.2) is 24.3 Å². The highest BCUT2D eigenvalue weighted by Crippen LogP contribution is 2.32. The summed E-state index contributed by atoms with van der Waals surface area (Å²) in [6, 6.07) is 6.77. The Morgan fingerprint density at radius 2 is 1.92 bits per heavy atom. The van der Waals surface area contributed by atoms with Crippen LogP contribution in [0.1, 0.15) is 26.2 Å². The maximum Gasteiger partial charge on any atom is 0.261 e. The third-order valence-electron chi connectivity index (χ3n) is 4.38. The molecule has 7 nitrogen and oxygen atoms in total. The number of nitrogens with one attached hydrogen (secondary N) is 1. The summed E-state index contributed by atoms with van der Waals surface area (Å²) < 4.78 is 29.1. The molecule has 0 spiro atoms. The number of hydrogen-bond donors (Lipinski definition) is 1. The third kappa shape index (κ3) is 4.50. The number of amides is 2. The first-order valence-corrected chi connectivity index (χ1v) is 10.2. The Kier molecular flexibility index (Phi) is 4.99. The molecule has 1 aliphatic heterocycles. The second-order valence-electron chi connectivity index (χ2n) is 6.56. The minimum absolute atomic E-state index is 0.0394. The van der Waals surface area contributed by atoms with Gasteiger partial charge in [0, 0.05) is 19.0 Å². The van der Waals surface area contributed by atoms with Crippen molar-refractivity contribution in [2.75, 3.05) is 23.4 Å². The fourth-order valence-corrected chi connectivity index (χ4v) is 4.86. The molecule has 0 radical (unpaired) electrons. The maximum atomic E-state index is 12.6. The second kappa shape index (κ2) is 7.03. The minimum Gasteiger partial charge on any atom is -0.482 e. The van der Waals surface area contributed by atoms with Gasteiger partial charge >= 0.3 is 0 Å². The van der Waals surface area contributed by atoms with E-state index in [9.17, 15) is 18.0 Å². The molecular formula is C17H22N2O5S. The Bertz CT molecular complexity index is 773. The van der Waals surface area contributed by atoms with E-state index in [4.69, 9.17) is 4.74 Å². The van der Waals surface area contributed by atoms with Crippen LogP contribution in [-0.4, -0.2) is 55.3 Å². The summed E-state index contributed by atoms with van der Waals surface area (Å²) in [5.41, 5.74) is 0.504. The fraction of sp³-hybridized carbons (Fsp3) is 0.529. The van der Waals surface area contributed by atoms with Crippen molar-refractivity contribution in [1.29, 1.82) is 0 Å². The number of para-hydroxylation sites is 2. The number of nitrogens with zero attached hydrogens (tertiary/aromatic N) is 1. The molecule has 0 bridgehead atoms. The van der Waals surface area contributed by atoms with E-state index < -0.39 is 9.84 Å². The number of benzene rings is 1. The molecule has 8 heteroatoms. The fourth-order valence-electron chi connectivity index (χ4n) is 3.15. The van der Waals surface area contributed by atoms with Crippen LogP contribution in [0.25, 0.3) is 0 Å². The van der Waals surface area contributed by atoms with Crippen LogP contribution in [-0.2, 0) is 19.4 Å². The van der Waals surface area contributed by atoms with Crippen LogP contribution >= 0.6 is 0 Å². The van der Waals surface area contributed by atoms with Gasteiger partial charge in [-0.1, -0.05) is 12.1 Å². The molecule has 136 valence electrons. The number of hydrogen-bond acceptors (Lipinski definition) is 5. The highest BCUT2D eigenvalue weighted by molar-refractivity contribution is 7.91. The van der Waals surface area contributed by atoms with Crippen molar-refractivity contribution in [3.8, 4) is 5.75 Å². The first kappa shape index (κ1) is 17.7. The standard InChI is InChI=1S/C17H22N2O5S/c1-12(20)18-15-4-2-3-5-16(15)24-10-17(21)19(13-6-7-13)14-8-9-25(22,23)11-14/h2-5,13-14H,6-11H2,1H3,(H,18,20)/t14-/m0/s1. The van der Waals surface area contributed by atoms with Crippen molar-refractivity contribution in [3.63, 3.8) is 0 Å². The smallest absolute Gasteiger partial charge is 0.261 e. The lowest BCUT2D eigenvalue weighted by Gasteiger charge is -2.28. The molecule has 2 aliphatic rings. The summed E-state index contributed by atoms with van der Waals surface area (Å²) in [7, 11) is -3.05. The molecule has 1 aromatic carbocycles. The molecule has 0 aromatic heterocycles. The van der Waals surface area contributed by atoms with Gasteiger partial charge in [0.05, 0.1) is 17.2 Å². The van der Waals surface area contributed by atoms with Gasteiger partial charge in [0.1, 0.15) is 5.75 Å². The van der Waals surface area contributed by atoms with Crippen LogP contribution in [0.2, 0.25) is 0 Å². The lowest BCUT2D eigenvalue weighted by Crippen LogP contribution is -2.45. The average Bonchev–Trinajstić information content (AvgIpc) is 3.30. The van der Waals surface area contributed by atoms with Crippen molar-refractivity contribution in [1.82, 2.24) is 4.90 Å². The zero-order valence-electron chi connectivity index (χ0n) is 14.1. The number of carbonyl (C=O) groups excluding carboxylic acids is 2. The van der Waals surface area contributed by atoms with Gasteiger partial charge in [0.25, 0.3) is 5.91 Å². The van der Waals surface area contributed by atoms with E-state index in [1.54, 1.807) is 29.2 Å². The largest absolute Gasteiger partial charge is 0.482 e. The molecule has 2 fully saturated rings. The number of anilines is 1. The van der Waals surface area contributed by atoms with E-state index in [0.717, 1.165) is 12.8 Å². The van der Waals surface area contributed by atoms with E-state index in [0.29, 0.717) is 17.9 Å². The molecule has 1 aliphatic carbocycles. The predicted octanol–water partition coefficient (Wildman–Crippen LogP) is 1.20. The molecule has 25 heavy (non-hydrogen) atoms. The Balaban J connectivity index is 1.66. The molecule has 1 N–H and O–H groups in total. The Labute approximate surface area is 147 Å². The summed E-state index contributed by atoms with van der Waals surface area (Å²) in [6.07, 6.45) is 2.31. The zero-order chi connectivity index (χ0) is 18.0. The van der Waals surface area contributed by atoms with Crippen LogP contribution in [0.5, 0.6) is 5.75 Å². The lowest BCUT2D eigenvalue weighted by atomic mass is 10.2. The summed E-state index contributed by atoms with van der Waals surface area (Å²) >= 11 is 0. The van der Waals surface area contributed by atoms with Gasteiger partial charge in [-0.05, 0) is 31.4 Å². The summed E-state index contributed by atoms with van der Waals surface area (Å²) in [5.74, 6) is 0.166. The molecular weight excluding hydrogens is 344 g/mol. The summed E-state index contributed by atoms with van der Waals surface area (Å²) in [4.78, 5) is 25.6. The molecule has 2 amide bonds. The van der Waals surface area contributed by atoms with E-state index in [-0.39, 0.29) is 42.0 Å². The van der Waals surface area contributed by atoms with Gasteiger partial charge < -0.3 is 15.0 Å². The molecule has 0 unspecified atom stereocenters. The number of sulfone groups is 1. The van der Waals surface area contributed by atoms with Gasteiger partial charge in [-0.3, -0.25) is 9.59 Å². The van der Waals surface area contributed by atoms with Crippen LogP contribution < -0.4 is 10.1 Å². The van der Waals surface area contributed by atoms with E-state index in [1.807, 2.05) is 0 Å². The van der Waals surface area contributed by atoms with Crippen molar-refractivity contribution >= 4 is 27.3 Å². The monoisotopic (exact) mass is 366 g/mol. The number of ether oxygens (including phenoxy) is 1. The normalized spacial score (nSPS) is 21.6. The zero-order valence-corrected chi connectivity index (χ0v) is 14.9. The highest BCUT2D eigenvalue weighted by atomic mass is 32.2.